The first kappa shape index (κ1) is 17.2. The number of morpholine rings is 1. The summed E-state index contributed by atoms with van der Waals surface area (Å²) in [6.07, 6.45) is -0.718. The van der Waals surface area contributed by atoms with E-state index in [1.54, 1.807) is 0 Å². The summed E-state index contributed by atoms with van der Waals surface area (Å²) in [6, 6.07) is 0. The molecule has 1 amide bonds. The molecule has 2 aliphatic heterocycles. The molecule has 2 fully saturated rings. The smallest absolute Gasteiger partial charge is 0.282 e. The Bertz CT molecular complexity index is 575. The predicted molar refractivity (Wildman–Crippen MR) is 81.9 cm³/mol. The van der Waals surface area contributed by atoms with Gasteiger partial charge in [0.15, 0.2) is 0 Å². The van der Waals surface area contributed by atoms with E-state index in [9.17, 15) is 13.6 Å². The van der Waals surface area contributed by atoms with Crippen molar-refractivity contribution in [1.29, 1.82) is 0 Å². The molecule has 0 bridgehead atoms. The second-order valence-corrected chi connectivity index (χ2v) is 6.09. The number of hydrogen-bond donors (Lipinski definition) is 1. The van der Waals surface area contributed by atoms with E-state index < -0.39 is 18.4 Å². The zero-order valence-electron chi connectivity index (χ0n) is 13.6. The Morgan fingerprint density at radius 2 is 2.17 bits per heavy atom. The maximum atomic E-state index is 13.0. The van der Waals surface area contributed by atoms with Gasteiger partial charge in [0.05, 0.1) is 31.2 Å². The number of alkyl halides is 2. The van der Waals surface area contributed by atoms with Gasteiger partial charge in [0, 0.05) is 26.7 Å². The first-order chi connectivity index (χ1) is 11.5. The zero-order valence-corrected chi connectivity index (χ0v) is 13.6. The van der Waals surface area contributed by atoms with Crippen molar-refractivity contribution >= 4 is 11.6 Å². The monoisotopic (exact) mass is 344 g/mol. The number of nitrogens with zero attached hydrogens (tertiary/aromatic N) is 3. The molecule has 1 aromatic rings. The lowest BCUT2D eigenvalue weighted by molar-refractivity contribution is -0.127. The van der Waals surface area contributed by atoms with Gasteiger partial charge in [-0.25, -0.2) is 8.78 Å². The summed E-state index contributed by atoms with van der Waals surface area (Å²) in [7, 11) is 1.42. The van der Waals surface area contributed by atoms with Gasteiger partial charge in [0.1, 0.15) is 11.8 Å². The summed E-state index contributed by atoms with van der Waals surface area (Å²) < 4.78 is 38.2. The third-order valence-electron chi connectivity index (χ3n) is 4.41. The summed E-state index contributed by atoms with van der Waals surface area (Å²) in [5.41, 5.74) is -0.260. The summed E-state index contributed by atoms with van der Waals surface area (Å²) in [5, 5.41) is 6.29. The second kappa shape index (κ2) is 7.54. The Morgan fingerprint density at radius 3 is 2.88 bits per heavy atom. The average Bonchev–Trinajstić information content (AvgIpc) is 3.15. The Balaban J connectivity index is 1.53. The molecule has 2 saturated heterocycles. The highest BCUT2D eigenvalue weighted by atomic mass is 19.3. The molecule has 1 aromatic heterocycles. The van der Waals surface area contributed by atoms with Crippen LogP contribution in [0.15, 0.2) is 6.20 Å². The number of aromatic nitrogens is 2. The van der Waals surface area contributed by atoms with Crippen molar-refractivity contribution in [3.63, 3.8) is 0 Å². The Hall–Kier alpha value is -1.58. The van der Waals surface area contributed by atoms with Gasteiger partial charge >= 0.3 is 0 Å². The van der Waals surface area contributed by atoms with Crippen LogP contribution in [0.1, 0.15) is 25.0 Å². The standard InChI is InChI=1S/C15H22F2N4O3/c1-20-13(14(16)17)11(8-18-20)19-15(22)12-3-2-10(24-12)9-21-4-6-23-7-5-21/h8,10,12,14H,2-7,9H2,1H3,(H,19,22)/t10-,12+/m1/s1. The summed E-state index contributed by atoms with van der Waals surface area (Å²) in [6.45, 7) is 3.93. The number of carbonyl (C=O) groups is 1. The Morgan fingerprint density at radius 1 is 1.42 bits per heavy atom. The van der Waals surface area contributed by atoms with Crippen molar-refractivity contribution in [1.82, 2.24) is 14.7 Å². The van der Waals surface area contributed by atoms with Crippen LogP contribution in [0.3, 0.4) is 0 Å². The van der Waals surface area contributed by atoms with Crippen molar-refractivity contribution in [3.05, 3.63) is 11.9 Å². The first-order valence-electron chi connectivity index (χ1n) is 8.11. The number of carbonyl (C=O) groups excluding carboxylic acids is 1. The highest BCUT2D eigenvalue weighted by Crippen LogP contribution is 2.28. The lowest BCUT2D eigenvalue weighted by Crippen LogP contribution is -2.41. The molecule has 0 radical (unpaired) electrons. The molecular weight excluding hydrogens is 322 g/mol. The van der Waals surface area contributed by atoms with E-state index in [1.165, 1.54) is 13.2 Å². The maximum Gasteiger partial charge on any atom is 0.282 e. The van der Waals surface area contributed by atoms with Crippen LogP contribution in [0.25, 0.3) is 0 Å². The van der Waals surface area contributed by atoms with Crippen LogP contribution < -0.4 is 5.32 Å². The molecule has 0 aromatic carbocycles. The van der Waals surface area contributed by atoms with Crippen LogP contribution in [0.5, 0.6) is 0 Å². The van der Waals surface area contributed by atoms with Crippen LogP contribution >= 0.6 is 0 Å². The quantitative estimate of drug-likeness (QED) is 0.869. The second-order valence-electron chi connectivity index (χ2n) is 6.09. The van der Waals surface area contributed by atoms with E-state index >= 15 is 0 Å². The van der Waals surface area contributed by atoms with Gasteiger partial charge in [0.2, 0.25) is 0 Å². The molecule has 7 nitrogen and oxygen atoms in total. The Kier molecular flexibility index (Phi) is 5.42. The number of hydrogen-bond acceptors (Lipinski definition) is 5. The first-order valence-corrected chi connectivity index (χ1v) is 8.11. The number of aryl methyl sites for hydroxylation is 1. The minimum absolute atomic E-state index is 0.0117. The Labute approximate surface area is 138 Å². The van der Waals surface area contributed by atoms with E-state index in [-0.39, 0.29) is 17.5 Å². The molecule has 0 aliphatic carbocycles. The van der Waals surface area contributed by atoms with E-state index in [4.69, 9.17) is 9.47 Å². The van der Waals surface area contributed by atoms with E-state index in [2.05, 4.69) is 15.3 Å². The van der Waals surface area contributed by atoms with E-state index in [1.807, 2.05) is 0 Å². The highest BCUT2D eigenvalue weighted by Gasteiger charge is 2.33. The fourth-order valence-corrected chi connectivity index (χ4v) is 3.12. The number of amides is 1. The van der Waals surface area contributed by atoms with E-state index in [0.717, 1.165) is 30.7 Å². The van der Waals surface area contributed by atoms with Crippen molar-refractivity contribution in [2.45, 2.75) is 31.5 Å². The van der Waals surface area contributed by atoms with Crippen LogP contribution in [0, 0.1) is 0 Å². The minimum atomic E-state index is -2.70. The van der Waals surface area contributed by atoms with E-state index in [0.29, 0.717) is 19.6 Å². The normalized spacial score (nSPS) is 25.3. The highest BCUT2D eigenvalue weighted by molar-refractivity contribution is 5.94. The zero-order chi connectivity index (χ0) is 17.1. The van der Waals surface area contributed by atoms with Gasteiger partial charge in [-0.05, 0) is 12.8 Å². The topological polar surface area (TPSA) is 68.6 Å². The SMILES string of the molecule is Cn1ncc(NC(=O)[C@@H]2CC[C@H](CN3CCOCC3)O2)c1C(F)F. The third kappa shape index (κ3) is 3.90. The summed E-state index contributed by atoms with van der Waals surface area (Å²) in [4.78, 5) is 14.5. The lowest BCUT2D eigenvalue weighted by atomic mass is 10.1. The van der Waals surface area contributed by atoms with Gasteiger partial charge in [0.25, 0.3) is 12.3 Å². The van der Waals surface area contributed by atoms with Gasteiger partial charge in [-0.15, -0.1) is 0 Å². The summed E-state index contributed by atoms with van der Waals surface area (Å²) >= 11 is 0. The average molecular weight is 344 g/mol. The molecule has 0 unspecified atom stereocenters. The molecule has 134 valence electrons. The van der Waals surface area contributed by atoms with Crippen LogP contribution in [-0.2, 0) is 21.3 Å². The molecule has 1 N–H and O–H groups in total. The number of ether oxygens (including phenoxy) is 2. The van der Waals surface area contributed by atoms with Crippen molar-refractivity contribution in [3.8, 4) is 0 Å². The molecule has 0 saturated carbocycles. The largest absolute Gasteiger partial charge is 0.379 e. The number of nitrogens with one attached hydrogen (secondary N) is 1. The van der Waals surface area contributed by atoms with Gasteiger partial charge in [-0.2, -0.15) is 5.10 Å². The summed E-state index contributed by atoms with van der Waals surface area (Å²) in [5.74, 6) is -0.394. The maximum absolute atomic E-state index is 13.0. The van der Waals surface area contributed by atoms with Gasteiger partial charge in [-0.1, -0.05) is 0 Å². The molecule has 2 atom stereocenters. The van der Waals surface area contributed by atoms with Crippen molar-refractivity contribution in [2.75, 3.05) is 38.2 Å². The molecule has 24 heavy (non-hydrogen) atoms. The van der Waals surface area contributed by atoms with Gasteiger partial charge in [-0.3, -0.25) is 14.4 Å². The molecule has 0 spiro atoms. The predicted octanol–water partition coefficient (Wildman–Crippen LogP) is 1.18. The lowest BCUT2D eigenvalue weighted by Gasteiger charge is -2.28. The van der Waals surface area contributed by atoms with Crippen molar-refractivity contribution < 1.29 is 23.0 Å². The fraction of sp³-hybridized carbons (Fsp3) is 0.733. The number of anilines is 1. The van der Waals surface area contributed by atoms with Gasteiger partial charge < -0.3 is 14.8 Å². The molecule has 3 heterocycles. The molecule has 9 heteroatoms. The molecule has 2 aliphatic rings. The third-order valence-corrected chi connectivity index (χ3v) is 4.41. The number of rotatable bonds is 5. The number of halogens is 2. The minimum Gasteiger partial charge on any atom is -0.379 e. The van der Waals surface area contributed by atoms with Crippen LogP contribution in [-0.4, -0.2) is 65.6 Å². The van der Waals surface area contributed by atoms with Crippen LogP contribution in [0.2, 0.25) is 0 Å². The molecule has 3 rings (SSSR count). The van der Waals surface area contributed by atoms with Crippen LogP contribution in [0.4, 0.5) is 14.5 Å². The van der Waals surface area contributed by atoms with Crippen molar-refractivity contribution in [2.24, 2.45) is 7.05 Å². The molecular formula is C15H22F2N4O3. The fourth-order valence-electron chi connectivity index (χ4n) is 3.12.